The third-order valence-electron chi connectivity index (χ3n) is 6.17. The zero-order valence-electron chi connectivity index (χ0n) is 18.4. The molecule has 0 bridgehead atoms. The summed E-state index contributed by atoms with van der Waals surface area (Å²) in [4.78, 5) is 24.2. The third-order valence-corrected chi connectivity index (χ3v) is 7.15. The lowest BCUT2D eigenvalue weighted by molar-refractivity contribution is 0.403. The van der Waals surface area contributed by atoms with Crippen molar-refractivity contribution in [1.82, 2.24) is 9.88 Å². The lowest BCUT2D eigenvalue weighted by Crippen LogP contribution is -2.35. The van der Waals surface area contributed by atoms with E-state index in [0.29, 0.717) is 39.0 Å². The maximum Gasteiger partial charge on any atom is 0.198 e. The van der Waals surface area contributed by atoms with Gasteiger partial charge < -0.3 is 9.88 Å². The number of benzene rings is 2. The van der Waals surface area contributed by atoms with Crippen LogP contribution in [-0.2, 0) is 6.42 Å². The van der Waals surface area contributed by atoms with E-state index in [1.165, 1.54) is 0 Å². The SMILES string of the molecule is C[C@H]1C(=NCCCN(C)C)c2c([nH]c3ccc(Cl)cc3c2=O)C[C@@H]1c1ccc(Cl)c(Cl)c1. The molecule has 0 radical (unpaired) electrons. The molecule has 168 valence electrons. The predicted molar refractivity (Wildman–Crippen MR) is 136 cm³/mol. The molecule has 0 aliphatic heterocycles. The van der Waals surface area contributed by atoms with Gasteiger partial charge in [0.05, 0.1) is 21.3 Å². The molecule has 1 aromatic heterocycles. The Bertz CT molecular complexity index is 1250. The smallest absolute Gasteiger partial charge is 0.198 e. The van der Waals surface area contributed by atoms with E-state index in [4.69, 9.17) is 39.8 Å². The molecule has 1 aliphatic carbocycles. The number of H-pyrrole nitrogens is 1. The van der Waals surface area contributed by atoms with Crippen molar-refractivity contribution in [3.63, 3.8) is 0 Å². The van der Waals surface area contributed by atoms with Gasteiger partial charge in [-0.1, -0.05) is 47.8 Å². The first kappa shape index (κ1) is 23.3. The topological polar surface area (TPSA) is 48.5 Å². The highest BCUT2D eigenvalue weighted by atomic mass is 35.5. The van der Waals surface area contributed by atoms with E-state index in [1.807, 2.05) is 38.4 Å². The number of hydrogen-bond acceptors (Lipinski definition) is 3. The van der Waals surface area contributed by atoms with Gasteiger partial charge in [0.15, 0.2) is 5.43 Å². The number of hydrogen-bond donors (Lipinski definition) is 1. The fourth-order valence-electron chi connectivity index (χ4n) is 4.51. The minimum atomic E-state index is -0.0120. The molecule has 0 unspecified atom stereocenters. The Hall–Kier alpha value is -1.85. The zero-order chi connectivity index (χ0) is 23.0. The van der Waals surface area contributed by atoms with Gasteiger partial charge in [-0.25, -0.2) is 0 Å². The van der Waals surface area contributed by atoms with Crippen molar-refractivity contribution in [2.24, 2.45) is 10.9 Å². The van der Waals surface area contributed by atoms with Crippen LogP contribution in [0.25, 0.3) is 10.9 Å². The number of fused-ring (bicyclic) bond motifs is 2. The molecule has 4 nitrogen and oxygen atoms in total. The van der Waals surface area contributed by atoms with Crippen LogP contribution in [0.15, 0.2) is 46.2 Å². The third kappa shape index (κ3) is 4.60. The van der Waals surface area contributed by atoms with Crippen LogP contribution >= 0.6 is 34.8 Å². The van der Waals surface area contributed by atoms with Gasteiger partial charge in [-0.3, -0.25) is 9.79 Å². The molecule has 1 N–H and O–H groups in total. The van der Waals surface area contributed by atoms with Crippen molar-refractivity contribution in [2.45, 2.75) is 25.7 Å². The summed E-state index contributed by atoms with van der Waals surface area (Å²) in [6.07, 6.45) is 1.62. The predicted octanol–water partition coefficient (Wildman–Crippen LogP) is 6.21. The Labute approximate surface area is 203 Å². The Morgan fingerprint density at radius 1 is 1.09 bits per heavy atom. The number of aromatic amines is 1. The molecule has 0 fully saturated rings. The van der Waals surface area contributed by atoms with E-state index < -0.39 is 0 Å². The van der Waals surface area contributed by atoms with E-state index in [9.17, 15) is 4.79 Å². The minimum absolute atomic E-state index is 0.0120. The van der Waals surface area contributed by atoms with Gasteiger partial charge >= 0.3 is 0 Å². The van der Waals surface area contributed by atoms with E-state index >= 15 is 0 Å². The summed E-state index contributed by atoms with van der Waals surface area (Å²) < 4.78 is 0. The maximum absolute atomic E-state index is 13.6. The van der Waals surface area contributed by atoms with Crippen molar-refractivity contribution in [3.05, 3.63) is 78.5 Å². The molecule has 0 amide bonds. The Morgan fingerprint density at radius 2 is 1.88 bits per heavy atom. The van der Waals surface area contributed by atoms with Crippen LogP contribution in [0, 0.1) is 5.92 Å². The normalized spacial score (nSPS) is 19.7. The zero-order valence-corrected chi connectivity index (χ0v) is 20.7. The summed E-state index contributed by atoms with van der Waals surface area (Å²) >= 11 is 18.7. The first-order chi connectivity index (χ1) is 15.3. The number of rotatable bonds is 5. The maximum atomic E-state index is 13.6. The number of nitrogens with one attached hydrogen (secondary N) is 1. The molecule has 1 aliphatic rings. The fourth-order valence-corrected chi connectivity index (χ4v) is 4.99. The Balaban J connectivity index is 1.85. The summed E-state index contributed by atoms with van der Waals surface area (Å²) in [6.45, 7) is 3.75. The van der Waals surface area contributed by atoms with Crippen LogP contribution in [0.4, 0.5) is 0 Å². The quantitative estimate of drug-likeness (QED) is 0.433. The first-order valence-electron chi connectivity index (χ1n) is 10.7. The largest absolute Gasteiger partial charge is 0.358 e. The highest BCUT2D eigenvalue weighted by molar-refractivity contribution is 6.42. The van der Waals surface area contributed by atoms with E-state index in [-0.39, 0.29) is 17.3 Å². The van der Waals surface area contributed by atoms with Crippen molar-refractivity contribution in [3.8, 4) is 0 Å². The van der Waals surface area contributed by atoms with Crippen LogP contribution in [0.1, 0.15) is 36.1 Å². The molecule has 4 rings (SSSR count). The number of halogens is 3. The second kappa shape index (κ2) is 9.56. The van der Waals surface area contributed by atoms with Gasteiger partial charge in [0.2, 0.25) is 0 Å². The summed E-state index contributed by atoms with van der Waals surface area (Å²) in [7, 11) is 4.10. The number of nitrogens with zero attached hydrogens (tertiary/aromatic N) is 2. The molecule has 1 heterocycles. The Morgan fingerprint density at radius 3 is 2.59 bits per heavy atom. The molecular weight excluding hydrogens is 465 g/mol. The van der Waals surface area contributed by atoms with E-state index in [2.05, 4.69) is 16.8 Å². The molecular formula is C25H26Cl3N3O. The van der Waals surface area contributed by atoms with Gasteiger partial charge in [-0.2, -0.15) is 0 Å². The average molecular weight is 491 g/mol. The summed E-state index contributed by atoms with van der Waals surface area (Å²) in [6, 6.07) is 11.2. The molecule has 32 heavy (non-hydrogen) atoms. The first-order valence-corrected chi connectivity index (χ1v) is 11.9. The Kier molecular flexibility index (Phi) is 6.97. The standard InChI is InChI=1S/C25H26Cl3N3O/c1-14-17(15-5-7-19(27)20(28)11-15)13-22-23(24(14)29-9-4-10-31(2)3)25(32)18-12-16(26)6-8-21(18)30-22/h5-8,11-12,14,17H,4,9-10,13H2,1-3H3,(H,30,32)/t14-,17+/m1/s1. The molecule has 2 atom stereocenters. The molecule has 2 aromatic carbocycles. The summed E-state index contributed by atoms with van der Waals surface area (Å²) in [5.74, 6) is 0.182. The van der Waals surface area contributed by atoms with Crippen molar-refractivity contribution >= 4 is 51.4 Å². The number of aromatic nitrogens is 1. The second-order valence-corrected chi connectivity index (χ2v) is 9.95. The molecule has 0 saturated carbocycles. The highest BCUT2D eigenvalue weighted by Crippen LogP contribution is 2.38. The molecule has 3 aromatic rings. The van der Waals surface area contributed by atoms with Crippen LogP contribution in [-0.4, -0.2) is 42.8 Å². The highest BCUT2D eigenvalue weighted by Gasteiger charge is 2.34. The minimum Gasteiger partial charge on any atom is -0.358 e. The van der Waals surface area contributed by atoms with Gasteiger partial charge in [-0.05, 0) is 75.3 Å². The average Bonchev–Trinajstić information content (AvgIpc) is 2.75. The summed E-state index contributed by atoms with van der Waals surface area (Å²) in [5.41, 5.74) is 4.31. The number of aliphatic imine (C=N–C) groups is 1. The fraction of sp³-hybridized carbons (Fsp3) is 0.360. The van der Waals surface area contributed by atoms with Gasteiger partial charge in [0.25, 0.3) is 0 Å². The van der Waals surface area contributed by atoms with Crippen LogP contribution in [0.5, 0.6) is 0 Å². The van der Waals surface area contributed by atoms with Crippen LogP contribution in [0.2, 0.25) is 15.1 Å². The monoisotopic (exact) mass is 489 g/mol. The molecule has 0 spiro atoms. The van der Waals surface area contributed by atoms with Crippen molar-refractivity contribution < 1.29 is 0 Å². The van der Waals surface area contributed by atoms with Crippen molar-refractivity contribution in [2.75, 3.05) is 27.2 Å². The van der Waals surface area contributed by atoms with E-state index in [0.717, 1.165) is 35.5 Å². The number of pyridine rings is 1. The van der Waals surface area contributed by atoms with Crippen LogP contribution < -0.4 is 5.43 Å². The van der Waals surface area contributed by atoms with E-state index in [1.54, 1.807) is 12.1 Å². The second-order valence-electron chi connectivity index (χ2n) is 8.69. The van der Waals surface area contributed by atoms with Gasteiger partial charge in [0, 0.05) is 34.1 Å². The lowest BCUT2D eigenvalue weighted by Gasteiger charge is -2.32. The lowest BCUT2D eigenvalue weighted by atomic mass is 9.73. The van der Waals surface area contributed by atoms with Crippen molar-refractivity contribution in [1.29, 1.82) is 0 Å². The van der Waals surface area contributed by atoms with Crippen LogP contribution in [0.3, 0.4) is 0 Å². The summed E-state index contributed by atoms with van der Waals surface area (Å²) in [5, 5.41) is 2.21. The molecule has 0 saturated heterocycles. The molecule has 7 heteroatoms. The van der Waals surface area contributed by atoms with Gasteiger partial charge in [0.1, 0.15) is 0 Å². The van der Waals surface area contributed by atoms with Gasteiger partial charge in [-0.15, -0.1) is 0 Å².